The van der Waals surface area contributed by atoms with Gasteiger partial charge in [-0.15, -0.1) is 0 Å². The lowest BCUT2D eigenvalue weighted by Crippen LogP contribution is -2.22. The Hall–Kier alpha value is -2.49. The summed E-state index contributed by atoms with van der Waals surface area (Å²) in [5.74, 6) is 0.690. The van der Waals surface area contributed by atoms with Crippen LogP contribution < -0.4 is 15.4 Å². The van der Waals surface area contributed by atoms with Gasteiger partial charge in [0, 0.05) is 17.4 Å². The van der Waals surface area contributed by atoms with Crippen LogP contribution in [0.5, 0.6) is 5.75 Å². The third kappa shape index (κ3) is 4.24. The third-order valence-electron chi connectivity index (χ3n) is 3.20. The summed E-state index contributed by atoms with van der Waals surface area (Å²) in [5.41, 5.74) is 2.86. The fraction of sp³-hybridized carbons (Fsp3) is 0.235. The lowest BCUT2D eigenvalue weighted by molar-refractivity contribution is -0.114. The van der Waals surface area contributed by atoms with E-state index in [1.807, 2.05) is 48.5 Å². The molecule has 0 saturated heterocycles. The molecule has 0 atom stereocenters. The molecule has 0 heterocycles. The first-order valence-corrected chi connectivity index (χ1v) is 6.98. The summed E-state index contributed by atoms with van der Waals surface area (Å²) >= 11 is 0. The smallest absolute Gasteiger partial charge is 0.243 e. The van der Waals surface area contributed by atoms with E-state index in [1.54, 1.807) is 7.11 Å². The molecular formula is C17H20N2O2. The van der Waals surface area contributed by atoms with Crippen LogP contribution in [-0.4, -0.2) is 19.6 Å². The topological polar surface area (TPSA) is 50.4 Å². The Bertz CT molecular complexity index is 611. The highest BCUT2D eigenvalue weighted by molar-refractivity contribution is 5.94. The number of carbonyl (C=O) groups is 1. The average molecular weight is 284 g/mol. The Morgan fingerprint density at radius 3 is 2.71 bits per heavy atom. The zero-order valence-electron chi connectivity index (χ0n) is 12.3. The van der Waals surface area contributed by atoms with Crippen molar-refractivity contribution in [3.8, 4) is 5.75 Å². The van der Waals surface area contributed by atoms with Gasteiger partial charge in [-0.1, -0.05) is 31.2 Å². The van der Waals surface area contributed by atoms with Gasteiger partial charge in [0.05, 0.1) is 13.7 Å². The van der Waals surface area contributed by atoms with Crippen molar-refractivity contribution < 1.29 is 9.53 Å². The van der Waals surface area contributed by atoms with Gasteiger partial charge in [0.1, 0.15) is 5.75 Å². The van der Waals surface area contributed by atoms with Gasteiger partial charge in [0.15, 0.2) is 0 Å². The van der Waals surface area contributed by atoms with Gasteiger partial charge in [-0.05, 0) is 30.2 Å². The fourth-order valence-electron chi connectivity index (χ4n) is 2.06. The van der Waals surface area contributed by atoms with Gasteiger partial charge in [-0.3, -0.25) is 4.79 Å². The second-order valence-electron chi connectivity index (χ2n) is 4.64. The molecule has 2 rings (SSSR count). The van der Waals surface area contributed by atoms with Crippen LogP contribution in [0.3, 0.4) is 0 Å². The molecule has 110 valence electrons. The zero-order valence-corrected chi connectivity index (χ0v) is 12.3. The van der Waals surface area contributed by atoms with E-state index in [0.717, 1.165) is 29.1 Å². The molecule has 21 heavy (non-hydrogen) atoms. The second-order valence-corrected chi connectivity index (χ2v) is 4.64. The molecule has 2 N–H and O–H groups in total. The molecule has 0 aromatic heterocycles. The highest BCUT2D eigenvalue weighted by Crippen LogP contribution is 2.17. The van der Waals surface area contributed by atoms with Gasteiger partial charge < -0.3 is 15.4 Å². The van der Waals surface area contributed by atoms with Crippen molar-refractivity contribution in [3.05, 3.63) is 54.1 Å². The predicted molar refractivity (Wildman–Crippen MR) is 85.9 cm³/mol. The van der Waals surface area contributed by atoms with Crippen LogP contribution in [0, 0.1) is 0 Å². The lowest BCUT2D eigenvalue weighted by atomic mass is 10.1. The van der Waals surface area contributed by atoms with E-state index in [0.29, 0.717) is 0 Å². The Morgan fingerprint density at radius 1 is 1.14 bits per heavy atom. The Kier molecular flexibility index (Phi) is 5.21. The lowest BCUT2D eigenvalue weighted by Gasteiger charge is -2.11. The number of ether oxygens (including phenoxy) is 1. The third-order valence-corrected chi connectivity index (χ3v) is 3.20. The first-order chi connectivity index (χ1) is 10.2. The number of amides is 1. The Labute approximate surface area is 125 Å². The van der Waals surface area contributed by atoms with E-state index in [9.17, 15) is 4.79 Å². The molecule has 2 aromatic rings. The molecule has 0 bridgehead atoms. The van der Waals surface area contributed by atoms with E-state index in [2.05, 4.69) is 17.6 Å². The number of anilines is 2. The van der Waals surface area contributed by atoms with E-state index < -0.39 is 0 Å². The highest BCUT2D eigenvalue weighted by atomic mass is 16.5. The van der Waals surface area contributed by atoms with Crippen LogP contribution >= 0.6 is 0 Å². The van der Waals surface area contributed by atoms with Crippen LogP contribution in [0.2, 0.25) is 0 Å². The average Bonchev–Trinajstić information content (AvgIpc) is 2.53. The monoisotopic (exact) mass is 284 g/mol. The summed E-state index contributed by atoms with van der Waals surface area (Å²) in [5, 5.41) is 6.01. The maximum Gasteiger partial charge on any atom is 0.243 e. The van der Waals surface area contributed by atoms with Crippen LogP contribution in [0.1, 0.15) is 12.5 Å². The Balaban J connectivity index is 1.92. The largest absolute Gasteiger partial charge is 0.497 e. The molecule has 0 aliphatic carbocycles. The number of para-hydroxylation sites is 1. The highest BCUT2D eigenvalue weighted by Gasteiger charge is 2.05. The molecule has 2 aromatic carbocycles. The minimum Gasteiger partial charge on any atom is -0.497 e. The van der Waals surface area contributed by atoms with Crippen molar-refractivity contribution in [1.82, 2.24) is 0 Å². The number of aryl methyl sites for hydroxylation is 1. The van der Waals surface area contributed by atoms with Crippen molar-refractivity contribution in [1.29, 1.82) is 0 Å². The SMILES string of the molecule is CCc1ccccc1NC(=O)CNc1cccc(OC)c1. The van der Waals surface area contributed by atoms with Crippen molar-refractivity contribution in [2.75, 3.05) is 24.3 Å². The number of hydrogen-bond donors (Lipinski definition) is 2. The summed E-state index contributed by atoms with van der Waals surface area (Å²) in [6.45, 7) is 2.28. The normalized spacial score (nSPS) is 10.0. The van der Waals surface area contributed by atoms with Crippen LogP contribution in [0.15, 0.2) is 48.5 Å². The summed E-state index contributed by atoms with van der Waals surface area (Å²) in [6, 6.07) is 15.3. The summed E-state index contributed by atoms with van der Waals surface area (Å²) < 4.78 is 5.15. The number of carbonyl (C=O) groups excluding carboxylic acids is 1. The number of hydrogen-bond acceptors (Lipinski definition) is 3. The van der Waals surface area contributed by atoms with E-state index in [-0.39, 0.29) is 12.5 Å². The van der Waals surface area contributed by atoms with Crippen molar-refractivity contribution in [2.24, 2.45) is 0 Å². The van der Waals surface area contributed by atoms with E-state index in [1.165, 1.54) is 0 Å². The first-order valence-electron chi connectivity index (χ1n) is 6.98. The number of benzene rings is 2. The first kappa shape index (κ1) is 14.9. The molecule has 0 aliphatic heterocycles. The quantitative estimate of drug-likeness (QED) is 0.855. The summed E-state index contributed by atoms with van der Waals surface area (Å²) in [6.07, 6.45) is 0.889. The van der Waals surface area contributed by atoms with Gasteiger partial charge in [0.25, 0.3) is 0 Å². The molecule has 0 saturated carbocycles. The second kappa shape index (κ2) is 7.33. The fourth-order valence-corrected chi connectivity index (χ4v) is 2.06. The number of methoxy groups -OCH3 is 1. The van der Waals surface area contributed by atoms with E-state index >= 15 is 0 Å². The van der Waals surface area contributed by atoms with Gasteiger partial charge in [-0.25, -0.2) is 0 Å². The van der Waals surface area contributed by atoms with Crippen LogP contribution in [-0.2, 0) is 11.2 Å². The minimum atomic E-state index is -0.0706. The summed E-state index contributed by atoms with van der Waals surface area (Å²) in [7, 11) is 1.62. The predicted octanol–water partition coefficient (Wildman–Crippen LogP) is 3.31. The van der Waals surface area contributed by atoms with Crippen LogP contribution in [0.4, 0.5) is 11.4 Å². The standard InChI is InChI=1S/C17H20N2O2/c1-3-13-7-4-5-10-16(13)19-17(20)12-18-14-8-6-9-15(11-14)21-2/h4-11,18H,3,12H2,1-2H3,(H,19,20). The van der Waals surface area contributed by atoms with Gasteiger partial charge >= 0.3 is 0 Å². The molecular weight excluding hydrogens is 264 g/mol. The van der Waals surface area contributed by atoms with Gasteiger partial charge in [0.2, 0.25) is 5.91 Å². The van der Waals surface area contributed by atoms with E-state index in [4.69, 9.17) is 4.74 Å². The van der Waals surface area contributed by atoms with Crippen LogP contribution in [0.25, 0.3) is 0 Å². The Morgan fingerprint density at radius 2 is 1.95 bits per heavy atom. The molecule has 4 heteroatoms. The zero-order chi connectivity index (χ0) is 15.1. The molecule has 0 fully saturated rings. The number of nitrogens with one attached hydrogen (secondary N) is 2. The number of rotatable bonds is 6. The minimum absolute atomic E-state index is 0.0706. The molecule has 0 radical (unpaired) electrons. The molecule has 0 spiro atoms. The molecule has 0 aliphatic rings. The maximum absolute atomic E-state index is 12.0. The van der Waals surface area contributed by atoms with Gasteiger partial charge in [-0.2, -0.15) is 0 Å². The van der Waals surface area contributed by atoms with Crippen molar-refractivity contribution >= 4 is 17.3 Å². The molecule has 0 unspecified atom stereocenters. The van der Waals surface area contributed by atoms with Crippen molar-refractivity contribution in [3.63, 3.8) is 0 Å². The van der Waals surface area contributed by atoms with Crippen molar-refractivity contribution in [2.45, 2.75) is 13.3 Å². The molecule has 4 nitrogen and oxygen atoms in total. The summed E-state index contributed by atoms with van der Waals surface area (Å²) in [4.78, 5) is 12.0. The maximum atomic E-state index is 12.0. The molecule has 1 amide bonds.